The minimum Gasteiger partial charge on any atom is -0.394 e. The summed E-state index contributed by atoms with van der Waals surface area (Å²) in [6.07, 6.45) is 17.8. The predicted octanol–water partition coefficient (Wildman–Crippen LogP) is 7.22. The van der Waals surface area contributed by atoms with E-state index in [9.17, 15) is 10.2 Å². The van der Waals surface area contributed by atoms with Crippen LogP contribution in [-0.2, 0) is 0 Å². The van der Waals surface area contributed by atoms with Crippen LogP contribution >= 0.6 is 0 Å². The van der Waals surface area contributed by atoms with Crippen LogP contribution in [-0.4, -0.2) is 22.9 Å². The van der Waals surface area contributed by atoms with E-state index in [4.69, 9.17) is 0 Å². The largest absolute Gasteiger partial charge is 0.394 e. The second-order valence-corrected chi connectivity index (χ2v) is 13.7. The molecule has 0 aliphatic heterocycles. The molecule has 0 radical (unpaired) electrons. The van der Waals surface area contributed by atoms with Crippen molar-refractivity contribution in [3.63, 3.8) is 0 Å². The van der Waals surface area contributed by atoms with E-state index in [1.54, 1.807) is 0 Å². The fourth-order valence-corrected chi connectivity index (χ4v) is 9.77. The Morgan fingerprint density at radius 2 is 1.65 bits per heavy atom. The minimum absolute atomic E-state index is 0.118. The van der Waals surface area contributed by atoms with Gasteiger partial charge in [0.05, 0.1) is 12.7 Å². The van der Waals surface area contributed by atoms with E-state index in [0.717, 1.165) is 41.9 Å². The van der Waals surface area contributed by atoms with E-state index in [-0.39, 0.29) is 12.0 Å². The van der Waals surface area contributed by atoms with Gasteiger partial charge in [-0.05, 0) is 110 Å². The van der Waals surface area contributed by atoms with E-state index in [1.807, 2.05) is 0 Å². The lowest BCUT2D eigenvalue weighted by Crippen LogP contribution is -2.53. The number of hydrogen-bond acceptors (Lipinski definition) is 2. The molecule has 2 heteroatoms. The van der Waals surface area contributed by atoms with Crippen LogP contribution in [0.4, 0.5) is 0 Å². The number of rotatable bonds is 7. The summed E-state index contributed by atoms with van der Waals surface area (Å²) in [5.74, 6) is 5.71. The SMILES string of the molecule is C[C@H](CCCC(C)(C)C(O)CO)[C@H]1CC[C@H]2[C@@H]3CCC4CCCC[C@]4(C)[C@H]3CC[C@]12C. The molecular formula is C29H52O2. The average molecular weight is 433 g/mol. The highest BCUT2D eigenvalue weighted by atomic mass is 16.3. The second-order valence-electron chi connectivity index (χ2n) is 13.7. The highest BCUT2D eigenvalue weighted by Crippen LogP contribution is 2.68. The number of fused-ring (bicyclic) bond motifs is 5. The minimum atomic E-state index is -0.595. The van der Waals surface area contributed by atoms with Gasteiger partial charge in [-0.25, -0.2) is 0 Å². The van der Waals surface area contributed by atoms with Crippen molar-refractivity contribution in [1.82, 2.24) is 0 Å². The summed E-state index contributed by atoms with van der Waals surface area (Å²) < 4.78 is 0. The molecule has 180 valence electrons. The molecule has 0 saturated heterocycles. The quantitative estimate of drug-likeness (QED) is 0.446. The molecule has 0 aromatic rings. The number of aliphatic hydroxyl groups is 2. The van der Waals surface area contributed by atoms with Crippen molar-refractivity contribution in [3.8, 4) is 0 Å². The molecule has 0 aromatic heterocycles. The third kappa shape index (κ3) is 4.16. The van der Waals surface area contributed by atoms with E-state index in [0.29, 0.717) is 10.8 Å². The van der Waals surface area contributed by atoms with Crippen LogP contribution in [0.1, 0.15) is 118 Å². The normalized spacial score (nSPS) is 44.8. The van der Waals surface area contributed by atoms with Gasteiger partial charge in [-0.1, -0.05) is 60.3 Å². The number of hydrogen-bond donors (Lipinski definition) is 2. The Morgan fingerprint density at radius 3 is 2.39 bits per heavy atom. The van der Waals surface area contributed by atoms with Gasteiger partial charge in [0.25, 0.3) is 0 Å². The summed E-state index contributed by atoms with van der Waals surface area (Å²) in [5.41, 5.74) is 1.05. The zero-order valence-electron chi connectivity index (χ0n) is 21.3. The Morgan fingerprint density at radius 1 is 0.903 bits per heavy atom. The van der Waals surface area contributed by atoms with Crippen molar-refractivity contribution in [2.45, 2.75) is 124 Å². The standard InChI is InChI=1S/C29H52O2/c1-20(9-8-16-27(2,3)26(31)19-30)23-13-14-24-22-12-11-21-10-6-7-17-28(21,4)25(22)15-18-29(23,24)5/h20-26,30-31H,6-19H2,1-5H3/t20-,21?,22+,23-,24+,25+,26?,28+,29-/m1/s1. The first-order valence-corrected chi connectivity index (χ1v) is 13.9. The molecule has 4 rings (SSSR count). The fraction of sp³-hybridized carbons (Fsp3) is 1.00. The van der Waals surface area contributed by atoms with Crippen molar-refractivity contribution in [1.29, 1.82) is 0 Å². The average Bonchev–Trinajstić information content (AvgIpc) is 3.09. The van der Waals surface area contributed by atoms with Crippen molar-refractivity contribution >= 4 is 0 Å². The van der Waals surface area contributed by atoms with Crippen molar-refractivity contribution in [2.75, 3.05) is 6.61 Å². The van der Waals surface area contributed by atoms with Gasteiger partial charge in [-0.15, -0.1) is 0 Å². The third-order valence-electron chi connectivity index (χ3n) is 11.9. The highest BCUT2D eigenvalue weighted by molar-refractivity contribution is 5.09. The molecule has 4 saturated carbocycles. The Kier molecular flexibility index (Phi) is 6.93. The summed E-state index contributed by atoms with van der Waals surface area (Å²) in [7, 11) is 0. The van der Waals surface area contributed by atoms with Crippen LogP contribution in [0.25, 0.3) is 0 Å². The Labute approximate surface area is 193 Å². The molecule has 0 amide bonds. The summed E-state index contributed by atoms with van der Waals surface area (Å²) >= 11 is 0. The summed E-state index contributed by atoms with van der Waals surface area (Å²) in [6.45, 7) is 12.0. The van der Waals surface area contributed by atoms with Crippen LogP contribution in [0, 0.1) is 51.8 Å². The Hall–Kier alpha value is -0.0800. The molecule has 4 aliphatic rings. The molecule has 0 heterocycles. The van der Waals surface area contributed by atoms with Crippen molar-refractivity contribution in [3.05, 3.63) is 0 Å². The van der Waals surface area contributed by atoms with Gasteiger partial charge in [0.2, 0.25) is 0 Å². The Bertz CT molecular complexity index is 614. The predicted molar refractivity (Wildman–Crippen MR) is 130 cm³/mol. The highest BCUT2D eigenvalue weighted by Gasteiger charge is 2.60. The maximum absolute atomic E-state index is 10.1. The van der Waals surface area contributed by atoms with Gasteiger partial charge in [0.1, 0.15) is 0 Å². The van der Waals surface area contributed by atoms with Gasteiger partial charge in [0.15, 0.2) is 0 Å². The number of aliphatic hydroxyl groups excluding tert-OH is 2. The van der Waals surface area contributed by atoms with Gasteiger partial charge >= 0.3 is 0 Å². The zero-order valence-corrected chi connectivity index (χ0v) is 21.3. The van der Waals surface area contributed by atoms with Gasteiger partial charge < -0.3 is 10.2 Å². The molecule has 0 aromatic carbocycles. The van der Waals surface area contributed by atoms with E-state index in [2.05, 4.69) is 34.6 Å². The smallest absolute Gasteiger partial charge is 0.0821 e. The lowest BCUT2D eigenvalue weighted by atomic mass is 9.44. The summed E-state index contributed by atoms with van der Waals surface area (Å²) in [4.78, 5) is 0. The van der Waals surface area contributed by atoms with Crippen molar-refractivity contribution in [2.24, 2.45) is 51.8 Å². The lowest BCUT2D eigenvalue weighted by Gasteiger charge is -2.61. The molecule has 9 atom stereocenters. The van der Waals surface area contributed by atoms with Gasteiger partial charge in [0, 0.05) is 0 Å². The van der Waals surface area contributed by atoms with Crippen LogP contribution in [0.15, 0.2) is 0 Å². The zero-order chi connectivity index (χ0) is 22.4. The summed E-state index contributed by atoms with van der Waals surface area (Å²) in [5, 5.41) is 19.5. The van der Waals surface area contributed by atoms with E-state index >= 15 is 0 Å². The molecule has 4 fully saturated rings. The molecule has 0 bridgehead atoms. The van der Waals surface area contributed by atoms with Crippen LogP contribution in [0.3, 0.4) is 0 Å². The topological polar surface area (TPSA) is 40.5 Å². The maximum atomic E-state index is 10.1. The third-order valence-corrected chi connectivity index (χ3v) is 11.9. The van der Waals surface area contributed by atoms with Crippen LogP contribution < -0.4 is 0 Å². The lowest BCUT2D eigenvalue weighted by molar-refractivity contribution is -0.114. The Balaban J connectivity index is 1.39. The first kappa shape index (κ1) is 24.1. The fourth-order valence-electron chi connectivity index (χ4n) is 9.77. The van der Waals surface area contributed by atoms with E-state index in [1.165, 1.54) is 77.0 Å². The second kappa shape index (κ2) is 8.94. The van der Waals surface area contributed by atoms with E-state index < -0.39 is 6.10 Å². The monoisotopic (exact) mass is 432 g/mol. The van der Waals surface area contributed by atoms with Crippen LogP contribution in [0.5, 0.6) is 0 Å². The van der Waals surface area contributed by atoms with Crippen molar-refractivity contribution < 1.29 is 10.2 Å². The first-order valence-electron chi connectivity index (χ1n) is 13.9. The molecule has 2 unspecified atom stereocenters. The molecular weight excluding hydrogens is 380 g/mol. The molecule has 4 aliphatic carbocycles. The maximum Gasteiger partial charge on any atom is 0.0821 e. The molecule has 31 heavy (non-hydrogen) atoms. The molecule has 0 spiro atoms. The summed E-state index contributed by atoms with van der Waals surface area (Å²) in [6, 6.07) is 0. The first-order chi connectivity index (χ1) is 14.6. The van der Waals surface area contributed by atoms with Gasteiger partial charge in [-0.3, -0.25) is 0 Å². The van der Waals surface area contributed by atoms with Gasteiger partial charge in [-0.2, -0.15) is 0 Å². The molecule has 2 nitrogen and oxygen atoms in total. The van der Waals surface area contributed by atoms with Crippen LogP contribution in [0.2, 0.25) is 0 Å². The molecule has 2 N–H and O–H groups in total.